The lowest BCUT2D eigenvalue weighted by Gasteiger charge is -2.01. The molecule has 1 aliphatic heterocycles. The van der Waals surface area contributed by atoms with E-state index in [1.54, 1.807) is 10.9 Å². The van der Waals surface area contributed by atoms with E-state index in [0.717, 1.165) is 0 Å². The predicted octanol–water partition coefficient (Wildman–Crippen LogP) is 3.81. The van der Waals surface area contributed by atoms with Crippen molar-refractivity contribution in [3.8, 4) is 0 Å². The third-order valence-electron chi connectivity index (χ3n) is 2.54. The first-order valence-electron chi connectivity index (χ1n) is 4.30. The Kier molecular flexibility index (Phi) is 1.84. The molecule has 2 aromatic carbocycles. The Morgan fingerprint density at radius 2 is 1.85 bits per heavy atom. The Morgan fingerprint density at radius 1 is 1.08 bits per heavy atom. The molecule has 0 N–H and O–H groups in total. The van der Waals surface area contributed by atoms with Gasteiger partial charge in [0.05, 0.1) is 0 Å². The zero-order valence-corrected chi connectivity index (χ0v) is 10.0. The first-order chi connectivity index (χ1) is 6.36. The van der Waals surface area contributed by atoms with Crippen LogP contribution in [0, 0.1) is 0 Å². The molecule has 0 nitrogen and oxygen atoms in total. The van der Waals surface area contributed by atoms with E-state index >= 15 is 0 Å². The van der Waals surface area contributed by atoms with E-state index in [1.807, 2.05) is 0 Å². The first-order valence-corrected chi connectivity index (χ1v) is 8.61. The summed E-state index contributed by atoms with van der Waals surface area (Å²) in [6.07, 6.45) is 1.27. The molecule has 0 aliphatic carbocycles. The molecule has 2 heteroatoms. The summed E-state index contributed by atoms with van der Waals surface area (Å²) >= 11 is 2.60. The van der Waals surface area contributed by atoms with Gasteiger partial charge in [-0.1, -0.05) is 36.4 Å². The fourth-order valence-corrected chi connectivity index (χ4v) is 5.77. The van der Waals surface area contributed by atoms with Crippen LogP contribution in [0.1, 0.15) is 5.56 Å². The van der Waals surface area contributed by atoms with Crippen molar-refractivity contribution < 1.29 is 0 Å². The Morgan fingerprint density at radius 3 is 2.69 bits per heavy atom. The summed E-state index contributed by atoms with van der Waals surface area (Å²) in [4.78, 5) is 0. The lowest BCUT2D eigenvalue weighted by molar-refractivity contribution is 1.49. The van der Waals surface area contributed by atoms with Gasteiger partial charge in [0.25, 0.3) is 0 Å². The highest BCUT2D eigenvalue weighted by molar-refractivity contribution is 14.2. The Labute approximate surface area is 91.6 Å². The highest BCUT2D eigenvalue weighted by Gasteiger charge is 2.20. The summed E-state index contributed by atoms with van der Waals surface area (Å²) in [6, 6.07) is 13.3. The third-order valence-corrected chi connectivity index (χ3v) is 6.64. The van der Waals surface area contributed by atoms with Crippen LogP contribution in [0.3, 0.4) is 0 Å². The van der Waals surface area contributed by atoms with Crippen LogP contribution in [0.5, 0.6) is 0 Å². The molecule has 0 radical (unpaired) electrons. The van der Waals surface area contributed by atoms with Crippen molar-refractivity contribution in [3.63, 3.8) is 0 Å². The van der Waals surface area contributed by atoms with Gasteiger partial charge in [0, 0.05) is 6.16 Å². The summed E-state index contributed by atoms with van der Waals surface area (Å²) in [6.45, 7) is 0. The minimum Gasteiger partial charge on any atom is -0.0613 e. The summed E-state index contributed by atoms with van der Waals surface area (Å²) in [5.41, 5.74) is 1.61. The Hall–Kier alpha value is -0.140. The minimum atomic E-state index is 0.0595. The molecular formula is C11H8IP. The molecule has 1 aliphatic rings. The quantitative estimate of drug-likeness (QED) is 0.512. The van der Waals surface area contributed by atoms with Crippen LogP contribution in [0.2, 0.25) is 0 Å². The molecule has 0 saturated carbocycles. The summed E-state index contributed by atoms with van der Waals surface area (Å²) in [7, 11) is 0. The maximum atomic E-state index is 2.60. The normalized spacial score (nSPS) is 19.6. The number of hydrogen-bond acceptors (Lipinski definition) is 0. The van der Waals surface area contributed by atoms with Crippen molar-refractivity contribution in [2.24, 2.45) is 0 Å². The zero-order chi connectivity index (χ0) is 8.84. The molecule has 1 heterocycles. The van der Waals surface area contributed by atoms with Gasteiger partial charge in [0.1, 0.15) is 0 Å². The third kappa shape index (κ3) is 1.14. The standard InChI is InChI=1S/C11H8IP/c12-13-7-9-5-1-3-8-4-2-6-10(13)11(8)9/h1-6H,7H2. The van der Waals surface area contributed by atoms with Crippen molar-refractivity contribution in [1.82, 2.24) is 0 Å². The highest BCUT2D eigenvalue weighted by atomic mass is 127. The van der Waals surface area contributed by atoms with Crippen LogP contribution in [-0.2, 0) is 6.16 Å². The molecule has 2 aromatic rings. The number of benzene rings is 2. The van der Waals surface area contributed by atoms with E-state index < -0.39 is 0 Å². The van der Waals surface area contributed by atoms with E-state index in [1.165, 1.54) is 16.9 Å². The van der Waals surface area contributed by atoms with Crippen LogP contribution < -0.4 is 5.30 Å². The fraction of sp³-hybridized carbons (Fsp3) is 0.0909. The Balaban J connectivity index is 2.51. The maximum absolute atomic E-state index is 2.60. The largest absolute Gasteiger partial charge is 0.0613 e. The Bertz CT molecular complexity index is 473. The number of rotatable bonds is 0. The number of halogens is 1. The summed E-state index contributed by atoms with van der Waals surface area (Å²) < 4.78 is 0. The molecule has 64 valence electrons. The lowest BCUT2D eigenvalue weighted by atomic mass is 10.1. The van der Waals surface area contributed by atoms with E-state index in [2.05, 4.69) is 58.4 Å². The summed E-state index contributed by atoms with van der Waals surface area (Å²) in [5, 5.41) is 4.53. The average molecular weight is 298 g/mol. The van der Waals surface area contributed by atoms with E-state index in [9.17, 15) is 0 Å². The number of hydrogen-bond donors (Lipinski definition) is 0. The summed E-state index contributed by atoms with van der Waals surface area (Å²) in [5.74, 6) is 0. The van der Waals surface area contributed by atoms with Gasteiger partial charge in [0.2, 0.25) is 0 Å². The van der Waals surface area contributed by atoms with Crippen molar-refractivity contribution in [2.45, 2.75) is 6.16 Å². The van der Waals surface area contributed by atoms with Crippen LogP contribution >= 0.6 is 27.6 Å². The second-order valence-corrected chi connectivity index (χ2v) is 8.33. The van der Waals surface area contributed by atoms with Crippen LogP contribution in [0.4, 0.5) is 0 Å². The van der Waals surface area contributed by atoms with Crippen molar-refractivity contribution >= 4 is 43.7 Å². The second-order valence-electron chi connectivity index (χ2n) is 3.31. The monoisotopic (exact) mass is 298 g/mol. The van der Waals surface area contributed by atoms with E-state index in [0.29, 0.717) is 0 Å². The highest BCUT2D eigenvalue weighted by Crippen LogP contribution is 2.54. The SMILES string of the molecule is IP1Cc2cccc3cccc1c23. The topological polar surface area (TPSA) is 0 Å². The van der Waals surface area contributed by atoms with Gasteiger partial charge in [-0.2, -0.15) is 0 Å². The fourth-order valence-electron chi connectivity index (χ4n) is 1.97. The molecular weight excluding hydrogens is 290 g/mol. The van der Waals surface area contributed by atoms with Crippen molar-refractivity contribution in [2.75, 3.05) is 0 Å². The van der Waals surface area contributed by atoms with E-state index in [-0.39, 0.29) is 5.56 Å². The average Bonchev–Trinajstić information content (AvgIpc) is 2.47. The van der Waals surface area contributed by atoms with E-state index in [4.69, 9.17) is 0 Å². The molecule has 0 fully saturated rings. The van der Waals surface area contributed by atoms with Crippen LogP contribution in [0.15, 0.2) is 36.4 Å². The van der Waals surface area contributed by atoms with Gasteiger partial charge in [-0.15, -0.1) is 0 Å². The smallest absolute Gasteiger partial charge is 0.00645 e. The maximum Gasteiger partial charge on any atom is 0.00645 e. The minimum absolute atomic E-state index is 0.0595. The molecule has 3 rings (SSSR count). The second kappa shape index (κ2) is 2.93. The van der Waals surface area contributed by atoms with Gasteiger partial charge in [-0.25, -0.2) is 0 Å². The van der Waals surface area contributed by atoms with Gasteiger partial charge in [-0.3, -0.25) is 0 Å². The van der Waals surface area contributed by atoms with Gasteiger partial charge in [-0.05, 0) is 49.2 Å². The molecule has 0 amide bonds. The van der Waals surface area contributed by atoms with Crippen LogP contribution in [-0.4, -0.2) is 0 Å². The molecule has 0 bridgehead atoms. The van der Waals surface area contributed by atoms with Crippen molar-refractivity contribution in [3.05, 3.63) is 42.0 Å². The molecule has 0 saturated heterocycles. The predicted molar refractivity (Wildman–Crippen MR) is 68.2 cm³/mol. The van der Waals surface area contributed by atoms with Crippen LogP contribution in [0.25, 0.3) is 10.8 Å². The molecule has 1 atom stereocenters. The molecule has 1 unspecified atom stereocenters. The molecule has 0 spiro atoms. The van der Waals surface area contributed by atoms with Gasteiger partial charge < -0.3 is 0 Å². The lowest BCUT2D eigenvalue weighted by Crippen LogP contribution is -1.92. The molecule has 13 heavy (non-hydrogen) atoms. The van der Waals surface area contributed by atoms with Crippen molar-refractivity contribution in [1.29, 1.82) is 0 Å². The zero-order valence-electron chi connectivity index (χ0n) is 7.00. The van der Waals surface area contributed by atoms with Gasteiger partial charge in [0.15, 0.2) is 0 Å². The molecule has 0 aromatic heterocycles. The van der Waals surface area contributed by atoms with Gasteiger partial charge >= 0.3 is 0 Å². The first kappa shape index (κ1) is 8.19.